The van der Waals surface area contributed by atoms with Crippen LogP contribution in [-0.4, -0.2) is 17.8 Å². The van der Waals surface area contributed by atoms with E-state index in [-0.39, 0.29) is 0 Å². The molecule has 1 fully saturated rings. The zero-order chi connectivity index (χ0) is 10.5. The van der Waals surface area contributed by atoms with Crippen LogP contribution in [0.2, 0.25) is 0 Å². The summed E-state index contributed by atoms with van der Waals surface area (Å²) in [5.41, 5.74) is 1.21. The largest absolute Gasteiger partial charge is 0.472 e. The van der Waals surface area contributed by atoms with Gasteiger partial charge >= 0.3 is 0 Å². The number of furan rings is 1. The van der Waals surface area contributed by atoms with Crippen molar-refractivity contribution in [2.24, 2.45) is 5.92 Å². The second-order valence-corrected chi connectivity index (χ2v) is 4.41. The van der Waals surface area contributed by atoms with Crippen molar-refractivity contribution in [2.75, 3.05) is 6.61 Å². The molecule has 0 aromatic carbocycles. The number of hydrogen-bond acceptors (Lipinski definition) is 3. The highest BCUT2D eigenvalue weighted by Crippen LogP contribution is 2.23. The summed E-state index contributed by atoms with van der Waals surface area (Å²) in [6.45, 7) is 1.25. The first-order valence-electron chi connectivity index (χ1n) is 5.74. The van der Waals surface area contributed by atoms with E-state index in [9.17, 15) is 0 Å². The molecule has 1 heterocycles. The van der Waals surface area contributed by atoms with Gasteiger partial charge in [-0.15, -0.1) is 0 Å². The number of rotatable bonds is 4. The van der Waals surface area contributed by atoms with E-state index in [1.165, 1.54) is 18.4 Å². The van der Waals surface area contributed by atoms with Gasteiger partial charge in [-0.2, -0.15) is 0 Å². The van der Waals surface area contributed by atoms with Gasteiger partial charge in [0.05, 0.1) is 12.5 Å². The molecule has 0 aliphatic heterocycles. The van der Waals surface area contributed by atoms with E-state index in [4.69, 9.17) is 9.52 Å². The second kappa shape index (κ2) is 5.33. The minimum atomic E-state index is 0.356. The molecule has 84 valence electrons. The molecule has 1 aliphatic rings. The molecule has 1 saturated carbocycles. The van der Waals surface area contributed by atoms with Crippen LogP contribution in [0, 0.1) is 5.92 Å². The smallest absolute Gasteiger partial charge is 0.0947 e. The van der Waals surface area contributed by atoms with Crippen LogP contribution in [0.25, 0.3) is 0 Å². The van der Waals surface area contributed by atoms with Gasteiger partial charge in [0.15, 0.2) is 0 Å². The Kier molecular flexibility index (Phi) is 3.80. The normalized spacial score (nSPS) is 26.7. The Morgan fingerprint density at radius 2 is 2.13 bits per heavy atom. The summed E-state index contributed by atoms with van der Waals surface area (Å²) in [7, 11) is 0. The zero-order valence-electron chi connectivity index (χ0n) is 8.98. The van der Waals surface area contributed by atoms with Crippen LogP contribution >= 0.6 is 0 Å². The lowest BCUT2D eigenvalue weighted by atomic mass is 9.86. The van der Waals surface area contributed by atoms with Crippen molar-refractivity contribution >= 4 is 0 Å². The molecular formula is C12H19NO2. The van der Waals surface area contributed by atoms with Gasteiger partial charge in [0.2, 0.25) is 0 Å². The lowest BCUT2D eigenvalue weighted by Crippen LogP contribution is -2.33. The van der Waals surface area contributed by atoms with Crippen molar-refractivity contribution in [3.63, 3.8) is 0 Å². The SMILES string of the molecule is OCC1CCC(NCc2ccoc2)CC1. The first-order chi connectivity index (χ1) is 7.38. The van der Waals surface area contributed by atoms with Crippen molar-refractivity contribution in [1.82, 2.24) is 5.32 Å². The van der Waals surface area contributed by atoms with E-state index in [0.717, 1.165) is 19.4 Å². The van der Waals surface area contributed by atoms with Gasteiger partial charge < -0.3 is 14.8 Å². The average molecular weight is 209 g/mol. The third-order valence-corrected chi connectivity index (χ3v) is 3.28. The predicted molar refractivity (Wildman–Crippen MR) is 58.4 cm³/mol. The molecular weight excluding hydrogens is 190 g/mol. The maximum absolute atomic E-state index is 9.02. The molecule has 1 aromatic rings. The quantitative estimate of drug-likeness (QED) is 0.796. The average Bonchev–Trinajstić information content (AvgIpc) is 2.80. The highest BCUT2D eigenvalue weighted by atomic mass is 16.3. The van der Waals surface area contributed by atoms with Gasteiger partial charge in [-0.05, 0) is 37.7 Å². The fourth-order valence-corrected chi connectivity index (χ4v) is 2.20. The van der Waals surface area contributed by atoms with Crippen molar-refractivity contribution in [3.8, 4) is 0 Å². The number of hydrogen-bond donors (Lipinski definition) is 2. The minimum absolute atomic E-state index is 0.356. The topological polar surface area (TPSA) is 45.4 Å². The zero-order valence-corrected chi connectivity index (χ0v) is 8.98. The Morgan fingerprint density at radius 3 is 2.73 bits per heavy atom. The Hall–Kier alpha value is -0.800. The molecule has 0 amide bonds. The van der Waals surface area contributed by atoms with Crippen LogP contribution in [0.15, 0.2) is 23.0 Å². The monoisotopic (exact) mass is 209 g/mol. The lowest BCUT2D eigenvalue weighted by molar-refractivity contribution is 0.175. The van der Waals surface area contributed by atoms with Gasteiger partial charge in [-0.3, -0.25) is 0 Å². The van der Waals surface area contributed by atoms with Crippen molar-refractivity contribution < 1.29 is 9.52 Å². The summed E-state index contributed by atoms with van der Waals surface area (Å²) < 4.78 is 5.02. The van der Waals surface area contributed by atoms with E-state index in [0.29, 0.717) is 18.6 Å². The summed E-state index contributed by atoms with van der Waals surface area (Å²) in [5.74, 6) is 0.539. The number of aliphatic hydroxyl groups is 1. The van der Waals surface area contributed by atoms with Crippen LogP contribution in [-0.2, 0) is 6.54 Å². The number of nitrogens with one attached hydrogen (secondary N) is 1. The molecule has 1 aromatic heterocycles. The molecule has 0 radical (unpaired) electrons. The highest BCUT2D eigenvalue weighted by molar-refractivity contribution is 5.04. The van der Waals surface area contributed by atoms with Crippen LogP contribution < -0.4 is 5.32 Å². The lowest BCUT2D eigenvalue weighted by Gasteiger charge is -2.27. The van der Waals surface area contributed by atoms with E-state index >= 15 is 0 Å². The molecule has 3 nitrogen and oxygen atoms in total. The molecule has 2 N–H and O–H groups in total. The summed E-state index contributed by atoms with van der Waals surface area (Å²) in [6.07, 6.45) is 8.16. The molecule has 0 bridgehead atoms. The van der Waals surface area contributed by atoms with Crippen LogP contribution in [0.5, 0.6) is 0 Å². The third kappa shape index (κ3) is 3.08. The maximum Gasteiger partial charge on any atom is 0.0947 e. The Balaban J connectivity index is 1.69. The van der Waals surface area contributed by atoms with E-state index in [1.54, 1.807) is 12.5 Å². The van der Waals surface area contributed by atoms with E-state index < -0.39 is 0 Å². The summed E-state index contributed by atoms with van der Waals surface area (Å²) in [4.78, 5) is 0. The standard InChI is InChI=1S/C12H19NO2/c14-8-10-1-3-12(4-2-10)13-7-11-5-6-15-9-11/h5-6,9-10,12-14H,1-4,7-8H2. The van der Waals surface area contributed by atoms with Crippen LogP contribution in [0.3, 0.4) is 0 Å². The summed E-state index contributed by atoms with van der Waals surface area (Å²) in [5, 5.41) is 12.6. The number of aliphatic hydroxyl groups excluding tert-OH is 1. The summed E-state index contributed by atoms with van der Waals surface area (Å²) in [6, 6.07) is 2.61. The van der Waals surface area contributed by atoms with E-state index in [1.807, 2.05) is 6.07 Å². The fourth-order valence-electron chi connectivity index (χ4n) is 2.20. The van der Waals surface area contributed by atoms with Crippen molar-refractivity contribution in [3.05, 3.63) is 24.2 Å². The molecule has 0 unspecified atom stereocenters. The van der Waals surface area contributed by atoms with Crippen molar-refractivity contribution in [1.29, 1.82) is 0 Å². The van der Waals surface area contributed by atoms with Gasteiger partial charge in [0.1, 0.15) is 0 Å². The molecule has 0 atom stereocenters. The Morgan fingerprint density at radius 1 is 1.33 bits per heavy atom. The van der Waals surface area contributed by atoms with Gasteiger partial charge in [0.25, 0.3) is 0 Å². The molecule has 3 heteroatoms. The second-order valence-electron chi connectivity index (χ2n) is 4.41. The van der Waals surface area contributed by atoms with Crippen LogP contribution in [0.4, 0.5) is 0 Å². The molecule has 1 aliphatic carbocycles. The van der Waals surface area contributed by atoms with Crippen molar-refractivity contribution in [2.45, 2.75) is 38.3 Å². The minimum Gasteiger partial charge on any atom is -0.472 e. The van der Waals surface area contributed by atoms with E-state index in [2.05, 4.69) is 5.32 Å². The molecule has 15 heavy (non-hydrogen) atoms. The third-order valence-electron chi connectivity index (χ3n) is 3.28. The molecule has 0 saturated heterocycles. The van der Waals surface area contributed by atoms with Gasteiger partial charge in [-0.1, -0.05) is 0 Å². The fraction of sp³-hybridized carbons (Fsp3) is 0.667. The first kappa shape index (κ1) is 10.7. The maximum atomic E-state index is 9.02. The van der Waals surface area contributed by atoms with Gasteiger partial charge in [0, 0.05) is 24.8 Å². The first-order valence-corrected chi connectivity index (χ1v) is 5.74. The Labute approximate surface area is 90.5 Å². The van der Waals surface area contributed by atoms with Crippen LogP contribution in [0.1, 0.15) is 31.2 Å². The Bertz CT molecular complexity index is 263. The molecule has 0 spiro atoms. The highest BCUT2D eigenvalue weighted by Gasteiger charge is 2.19. The summed E-state index contributed by atoms with van der Waals surface area (Å²) >= 11 is 0. The molecule has 2 rings (SSSR count). The van der Waals surface area contributed by atoms with Gasteiger partial charge in [-0.25, -0.2) is 0 Å². The predicted octanol–water partition coefficient (Wildman–Crippen LogP) is 1.92.